The second-order valence-electron chi connectivity index (χ2n) is 5.36. The summed E-state index contributed by atoms with van der Waals surface area (Å²) >= 11 is 6.22. The van der Waals surface area contributed by atoms with Crippen molar-refractivity contribution in [2.75, 3.05) is 6.54 Å². The van der Waals surface area contributed by atoms with Gasteiger partial charge in [-0.2, -0.15) is 5.10 Å². The number of ketones is 1. The third-order valence-corrected chi connectivity index (χ3v) is 4.38. The molecule has 0 saturated carbocycles. The van der Waals surface area contributed by atoms with Crippen LogP contribution in [0.5, 0.6) is 11.5 Å². The summed E-state index contributed by atoms with van der Waals surface area (Å²) in [6, 6.07) is 6.01. The van der Waals surface area contributed by atoms with Gasteiger partial charge in [0.25, 0.3) is 0 Å². The average molecular weight is 330 g/mol. The highest BCUT2D eigenvalue weighted by Crippen LogP contribution is 2.47. The van der Waals surface area contributed by atoms with Gasteiger partial charge in [-0.1, -0.05) is 11.6 Å². The lowest BCUT2D eigenvalue weighted by Gasteiger charge is -2.17. The van der Waals surface area contributed by atoms with E-state index in [-0.39, 0.29) is 33.2 Å². The molecule has 0 aliphatic heterocycles. The Morgan fingerprint density at radius 1 is 1.09 bits per heavy atom. The van der Waals surface area contributed by atoms with Crippen molar-refractivity contribution in [3.8, 4) is 22.8 Å². The minimum Gasteiger partial charge on any atom is -0.507 e. The second kappa shape index (κ2) is 4.71. The van der Waals surface area contributed by atoms with Crippen molar-refractivity contribution in [2.45, 2.75) is 6.54 Å². The first kappa shape index (κ1) is 14.0. The van der Waals surface area contributed by atoms with Gasteiger partial charge < -0.3 is 15.9 Å². The molecule has 0 unspecified atom stereocenters. The number of rotatable bonds is 2. The quantitative estimate of drug-likeness (QED) is 0.490. The Kier molecular flexibility index (Phi) is 2.88. The van der Waals surface area contributed by atoms with Crippen LogP contribution in [-0.2, 0) is 6.54 Å². The highest BCUT2D eigenvalue weighted by Gasteiger charge is 2.34. The summed E-state index contributed by atoms with van der Waals surface area (Å²) in [6.45, 7) is 0.835. The van der Waals surface area contributed by atoms with Crippen molar-refractivity contribution in [2.24, 2.45) is 5.73 Å². The summed E-state index contributed by atoms with van der Waals surface area (Å²) in [5.74, 6) is -0.755. The number of aromatic hydroxyl groups is 2. The first-order valence-electron chi connectivity index (χ1n) is 7.03. The standard InChI is InChI=1S/C16H12ClN3O3/c17-7-1-2-8-12-11(7)16(23)14-10(22)4-3-9(21)13(14)15(12)19-20(8)6-5-18/h1-4,21-22H,5-6,18H2. The number of carbonyl (C=O) groups excluding carboxylic acids is 1. The number of phenols is 2. The van der Waals surface area contributed by atoms with E-state index in [0.717, 1.165) is 0 Å². The summed E-state index contributed by atoms with van der Waals surface area (Å²) in [5, 5.41) is 25.7. The molecule has 0 fully saturated rings. The lowest BCUT2D eigenvalue weighted by molar-refractivity contribution is 0.103. The van der Waals surface area contributed by atoms with Crippen molar-refractivity contribution >= 4 is 28.3 Å². The zero-order chi connectivity index (χ0) is 16.3. The molecule has 23 heavy (non-hydrogen) atoms. The minimum atomic E-state index is -0.427. The third-order valence-electron chi connectivity index (χ3n) is 4.06. The number of hydrogen-bond donors (Lipinski definition) is 3. The summed E-state index contributed by atoms with van der Waals surface area (Å²) in [4.78, 5) is 12.8. The first-order chi connectivity index (χ1) is 11.0. The molecule has 1 aliphatic rings. The molecule has 116 valence electrons. The van der Waals surface area contributed by atoms with E-state index in [1.807, 2.05) is 0 Å². The number of phenolic OH excluding ortho intramolecular Hbond substituents is 2. The van der Waals surface area contributed by atoms with Crippen LogP contribution in [0.3, 0.4) is 0 Å². The highest BCUT2D eigenvalue weighted by atomic mass is 35.5. The van der Waals surface area contributed by atoms with E-state index in [9.17, 15) is 15.0 Å². The summed E-state index contributed by atoms with van der Waals surface area (Å²) in [7, 11) is 0. The molecule has 4 N–H and O–H groups in total. The van der Waals surface area contributed by atoms with Gasteiger partial charge in [-0.25, -0.2) is 0 Å². The number of nitrogens with two attached hydrogens (primary N) is 1. The molecule has 4 rings (SSSR count). The van der Waals surface area contributed by atoms with Gasteiger partial charge >= 0.3 is 0 Å². The van der Waals surface area contributed by atoms with Crippen LogP contribution in [0, 0.1) is 0 Å². The predicted octanol–water partition coefficient (Wildman–Crippen LogP) is 2.27. The molecule has 0 radical (unpaired) electrons. The van der Waals surface area contributed by atoms with Gasteiger partial charge in [0.1, 0.15) is 17.2 Å². The molecule has 0 atom stereocenters. The van der Waals surface area contributed by atoms with E-state index in [2.05, 4.69) is 5.10 Å². The number of carbonyl (C=O) groups is 1. The van der Waals surface area contributed by atoms with Crippen LogP contribution in [0.2, 0.25) is 5.02 Å². The zero-order valence-electron chi connectivity index (χ0n) is 11.9. The molecular formula is C16H12ClN3O3. The maximum absolute atomic E-state index is 12.8. The molecule has 2 aromatic carbocycles. The van der Waals surface area contributed by atoms with Gasteiger partial charge in [-0.3, -0.25) is 9.48 Å². The molecule has 1 aliphatic carbocycles. The van der Waals surface area contributed by atoms with Crippen LogP contribution in [0.15, 0.2) is 24.3 Å². The van der Waals surface area contributed by atoms with E-state index < -0.39 is 5.78 Å². The Bertz CT molecular complexity index is 994. The molecule has 3 aromatic rings. The van der Waals surface area contributed by atoms with E-state index in [1.165, 1.54) is 12.1 Å². The maximum atomic E-state index is 12.8. The maximum Gasteiger partial charge on any atom is 0.199 e. The Hall–Kier alpha value is -2.57. The van der Waals surface area contributed by atoms with Crippen molar-refractivity contribution in [1.29, 1.82) is 0 Å². The Morgan fingerprint density at radius 2 is 1.78 bits per heavy atom. The summed E-state index contributed by atoms with van der Waals surface area (Å²) in [5.41, 5.74) is 7.29. The van der Waals surface area contributed by atoms with E-state index in [1.54, 1.807) is 16.8 Å². The van der Waals surface area contributed by atoms with Crippen molar-refractivity contribution in [1.82, 2.24) is 9.78 Å². The second-order valence-corrected chi connectivity index (χ2v) is 5.77. The largest absolute Gasteiger partial charge is 0.507 e. The molecule has 0 spiro atoms. The number of aromatic nitrogens is 2. The van der Waals surface area contributed by atoms with Gasteiger partial charge in [0.05, 0.1) is 33.8 Å². The van der Waals surface area contributed by atoms with E-state index in [0.29, 0.717) is 29.7 Å². The van der Waals surface area contributed by atoms with Crippen LogP contribution < -0.4 is 5.73 Å². The van der Waals surface area contributed by atoms with Gasteiger partial charge in [-0.05, 0) is 24.3 Å². The Morgan fingerprint density at radius 3 is 2.48 bits per heavy atom. The number of nitrogens with zero attached hydrogens (tertiary/aromatic N) is 2. The molecule has 6 nitrogen and oxygen atoms in total. The molecule has 0 bridgehead atoms. The van der Waals surface area contributed by atoms with Crippen LogP contribution in [-0.4, -0.2) is 32.3 Å². The number of halogens is 1. The number of fused-ring (bicyclic) bond motifs is 2. The van der Waals surface area contributed by atoms with Crippen molar-refractivity contribution in [3.05, 3.63) is 40.4 Å². The lowest BCUT2D eigenvalue weighted by atomic mass is 9.86. The van der Waals surface area contributed by atoms with Gasteiger partial charge in [0.15, 0.2) is 5.78 Å². The van der Waals surface area contributed by atoms with Crippen LogP contribution in [0.25, 0.3) is 22.2 Å². The Balaban J connectivity index is 2.22. The van der Waals surface area contributed by atoms with E-state index >= 15 is 0 Å². The minimum absolute atomic E-state index is 0.0184. The van der Waals surface area contributed by atoms with Crippen LogP contribution in [0.4, 0.5) is 0 Å². The van der Waals surface area contributed by atoms with Gasteiger partial charge in [-0.15, -0.1) is 0 Å². The summed E-state index contributed by atoms with van der Waals surface area (Å²) < 4.78 is 1.68. The molecule has 1 aromatic heterocycles. The van der Waals surface area contributed by atoms with Gasteiger partial charge in [0.2, 0.25) is 0 Å². The molecule has 1 heterocycles. The molecule has 0 saturated heterocycles. The van der Waals surface area contributed by atoms with Crippen molar-refractivity contribution in [3.63, 3.8) is 0 Å². The normalized spacial score (nSPS) is 12.7. The number of benzene rings is 2. The fraction of sp³-hybridized carbons (Fsp3) is 0.125. The fourth-order valence-electron chi connectivity index (χ4n) is 3.11. The lowest BCUT2D eigenvalue weighted by Crippen LogP contribution is -2.10. The smallest absolute Gasteiger partial charge is 0.199 e. The third kappa shape index (κ3) is 1.73. The molecular weight excluding hydrogens is 318 g/mol. The van der Waals surface area contributed by atoms with Crippen molar-refractivity contribution < 1.29 is 15.0 Å². The fourth-order valence-corrected chi connectivity index (χ4v) is 3.35. The van der Waals surface area contributed by atoms with Crippen LogP contribution >= 0.6 is 11.6 Å². The predicted molar refractivity (Wildman–Crippen MR) is 86.0 cm³/mol. The zero-order valence-corrected chi connectivity index (χ0v) is 12.6. The average Bonchev–Trinajstić information content (AvgIpc) is 2.87. The molecule has 0 amide bonds. The molecule has 7 heteroatoms. The Labute approximate surface area is 135 Å². The number of hydrogen-bond acceptors (Lipinski definition) is 5. The monoisotopic (exact) mass is 329 g/mol. The van der Waals surface area contributed by atoms with Gasteiger partial charge in [0, 0.05) is 11.9 Å². The SMILES string of the molecule is NCCn1nc2c3c(c(Cl)ccc31)C(=O)c1c(O)ccc(O)c1-2. The van der Waals surface area contributed by atoms with Crippen LogP contribution in [0.1, 0.15) is 15.9 Å². The highest BCUT2D eigenvalue weighted by molar-refractivity contribution is 6.39. The van der Waals surface area contributed by atoms with E-state index in [4.69, 9.17) is 17.3 Å². The summed E-state index contributed by atoms with van der Waals surface area (Å²) in [6.07, 6.45) is 0. The topological polar surface area (TPSA) is 101 Å². The first-order valence-corrected chi connectivity index (χ1v) is 7.41.